The summed E-state index contributed by atoms with van der Waals surface area (Å²) < 4.78 is 52.9. The van der Waals surface area contributed by atoms with Crippen LogP contribution in [0.2, 0.25) is 5.02 Å². The van der Waals surface area contributed by atoms with E-state index < -0.39 is 47.4 Å². The minimum Gasteiger partial charge on any atom is -0.458 e. The van der Waals surface area contributed by atoms with Crippen LogP contribution in [0.5, 0.6) is 0 Å². The molecule has 7 rings (SSSR count). The predicted molar refractivity (Wildman–Crippen MR) is 229 cm³/mol. The van der Waals surface area contributed by atoms with Gasteiger partial charge < -0.3 is 45.0 Å². The Morgan fingerprint density at radius 2 is 1.52 bits per heavy atom. The van der Waals surface area contributed by atoms with E-state index in [1.165, 1.54) is 20.8 Å². The van der Waals surface area contributed by atoms with Crippen molar-refractivity contribution in [3.05, 3.63) is 58.1 Å². The molecule has 2 aromatic carbocycles. The molecule has 6 amide bonds. The van der Waals surface area contributed by atoms with Crippen molar-refractivity contribution in [1.29, 1.82) is 0 Å². The van der Waals surface area contributed by atoms with Crippen LogP contribution in [0.3, 0.4) is 0 Å². The molecule has 348 valence electrons. The number of hydrogen-bond donors (Lipinski definition) is 2. The van der Waals surface area contributed by atoms with Gasteiger partial charge in [-0.05, 0) is 80.7 Å². The van der Waals surface area contributed by atoms with E-state index in [1.807, 2.05) is 24.3 Å². The second-order valence-electron chi connectivity index (χ2n) is 17.1. The molecule has 5 aliphatic heterocycles. The number of para-hydroxylation sites is 1. The van der Waals surface area contributed by atoms with E-state index >= 15 is 0 Å². The molecule has 0 saturated carbocycles. The number of nitrogens with zero attached hydrogens (tertiary/aromatic N) is 6. The first-order valence-corrected chi connectivity index (χ1v) is 22.6. The van der Waals surface area contributed by atoms with Crippen LogP contribution in [0.1, 0.15) is 68.1 Å². The Morgan fingerprint density at radius 3 is 2.22 bits per heavy atom. The number of esters is 1. The number of benzene rings is 2. The van der Waals surface area contributed by atoms with Gasteiger partial charge in [0.2, 0.25) is 5.91 Å². The van der Waals surface area contributed by atoms with Crippen LogP contribution in [-0.4, -0.2) is 162 Å². The molecule has 1 atom stereocenters. The van der Waals surface area contributed by atoms with Crippen LogP contribution in [0, 0.1) is 0 Å². The quantitative estimate of drug-likeness (QED) is 0.148. The topological polar surface area (TPSA) is 178 Å². The van der Waals surface area contributed by atoms with Gasteiger partial charge in [0, 0.05) is 103 Å². The van der Waals surface area contributed by atoms with Gasteiger partial charge in [-0.2, -0.15) is 13.2 Å². The molecular formula is C44H56ClF3N8O8. The molecule has 64 heavy (non-hydrogen) atoms. The van der Waals surface area contributed by atoms with Gasteiger partial charge >= 0.3 is 30.2 Å². The van der Waals surface area contributed by atoms with Crippen LogP contribution in [0.4, 0.5) is 34.1 Å². The van der Waals surface area contributed by atoms with Crippen LogP contribution in [-0.2, 0) is 47.7 Å². The number of urea groups is 1. The standard InChI is InChI=1S/C44H56ClF3N8O8/c45-34-27-29(26-33(38(34)49)44(46,47)48)28-36(64-43(62)55-18-12-32(13-19-55)56-20-9-30-6-1-2-7-35(30)50-42(56)61)39(58)54-23-21-51(22-24-54)31-10-16-53(17-11-31)40(59)41(60)63-25-5-15-52-14-4-3-8-37(52)57/h1-2,6-7,26-27,31-32,36H,3-5,8-25,28,49H2,(H,50,61)/t36-/m1/s1. The van der Waals surface area contributed by atoms with Crippen LogP contribution in [0.25, 0.3) is 0 Å². The molecule has 0 bridgehead atoms. The average Bonchev–Trinajstić information content (AvgIpc) is 3.46. The summed E-state index contributed by atoms with van der Waals surface area (Å²) in [5.74, 6) is -2.09. The van der Waals surface area contributed by atoms with Gasteiger partial charge in [-0.25, -0.2) is 14.4 Å². The Balaban J connectivity index is 0.919. The Hall–Kier alpha value is -5.30. The summed E-state index contributed by atoms with van der Waals surface area (Å²) >= 11 is 6.14. The molecule has 4 fully saturated rings. The van der Waals surface area contributed by atoms with Crippen molar-refractivity contribution in [2.45, 2.75) is 88.6 Å². The SMILES string of the molecule is Nc1c(Cl)cc(C[C@@H](OC(=O)N2CCC(N3CCc4ccccc4NC3=O)CC2)C(=O)N2CCN(C3CCN(C(=O)C(=O)OCCCN4CCCCC4=O)CC3)CC2)cc1C(F)(F)F. The van der Waals surface area contributed by atoms with Crippen molar-refractivity contribution in [3.8, 4) is 0 Å². The molecule has 0 unspecified atom stereocenters. The summed E-state index contributed by atoms with van der Waals surface area (Å²) in [7, 11) is 0. The lowest BCUT2D eigenvalue weighted by Crippen LogP contribution is -2.57. The lowest BCUT2D eigenvalue weighted by Gasteiger charge is -2.43. The summed E-state index contributed by atoms with van der Waals surface area (Å²) in [5.41, 5.74) is 5.70. The first kappa shape index (κ1) is 46.7. The smallest absolute Gasteiger partial charge is 0.418 e. The fraction of sp³-hybridized carbons (Fsp3) is 0.591. The van der Waals surface area contributed by atoms with E-state index in [-0.39, 0.29) is 73.8 Å². The van der Waals surface area contributed by atoms with E-state index in [0.717, 1.165) is 30.2 Å². The number of rotatable bonds is 10. The van der Waals surface area contributed by atoms with Gasteiger partial charge in [0.1, 0.15) is 0 Å². The molecule has 16 nitrogen and oxygen atoms in total. The third-order valence-corrected chi connectivity index (χ3v) is 13.3. The highest BCUT2D eigenvalue weighted by Crippen LogP contribution is 2.38. The van der Waals surface area contributed by atoms with Gasteiger partial charge in [0.15, 0.2) is 6.10 Å². The van der Waals surface area contributed by atoms with E-state index in [2.05, 4.69) is 10.2 Å². The van der Waals surface area contributed by atoms with Crippen molar-refractivity contribution in [2.75, 3.05) is 89.6 Å². The van der Waals surface area contributed by atoms with Crippen molar-refractivity contribution in [3.63, 3.8) is 0 Å². The number of nitrogens with one attached hydrogen (secondary N) is 1. The van der Waals surface area contributed by atoms with Gasteiger partial charge in [0.05, 0.1) is 22.9 Å². The second kappa shape index (κ2) is 20.7. The zero-order chi connectivity index (χ0) is 45.5. The van der Waals surface area contributed by atoms with Gasteiger partial charge in [0.25, 0.3) is 5.91 Å². The third kappa shape index (κ3) is 11.3. The third-order valence-electron chi connectivity index (χ3n) is 13.0. The van der Waals surface area contributed by atoms with Crippen molar-refractivity contribution in [1.82, 2.24) is 29.4 Å². The maximum absolute atomic E-state index is 14.2. The minimum atomic E-state index is -4.82. The maximum Gasteiger partial charge on any atom is 0.418 e. The molecule has 5 heterocycles. The summed E-state index contributed by atoms with van der Waals surface area (Å²) in [5, 5.41) is 2.63. The minimum absolute atomic E-state index is 0.0160. The molecule has 20 heteroatoms. The first-order valence-electron chi connectivity index (χ1n) is 22.2. The summed E-state index contributed by atoms with van der Waals surface area (Å²) in [6, 6.07) is 9.39. The number of fused-ring (bicyclic) bond motifs is 1. The second-order valence-corrected chi connectivity index (χ2v) is 17.5. The number of anilines is 2. The zero-order valence-corrected chi connectivity index (χ0v) is 36.5. The molecule has 0 aliphatic carbocycles. The fourth-order valence-corrected chi connectivity index (χ4v) is 9.61. The van der Waals surface area contributed by atoms with Crippen LogP contribution >= 0.6 is 11.6 Å². The number of ether oxygens (including phenoxy) is 2. The number of hydrogen-bond acceptors (Lipinski definition) is 10. The predicted octanol–water partition coefficient (Wildman–Crippen LogP) is 4.62. The number of nitrogens with two attached hydrogens (primary N) is 1. The van der Waals surface area contributed by atoms with E-state index in [9.17, 15) is 41.9 Å². The molecule has 0 spiro atoms. The van der Waals surface area contributed by atoms with Crippen molar-refractivity contribution < 1.29 is 51.4 Å². The molecular weight excluding hydrogens is 861 g/mol. The lowest BCUT2D eigenvalue weighted by molar-refractivity contribution is -0.161. The maximum atomic E-state index is 14.2. The van der Waals surface area contributed by atoms with Crippen molar-refractivity contribution >= 4 is 58.8 Å². The van der Waals surface area contributed by atoms with Crippen LogP contribution < -0.4 is 11.1 Å². The molecule has 2 aromatic rings. The number of carbonyl (C=O) groups is 6. The number of likely N-dealkylation sites (tertiary alicyclic amines) is 3. The Labute approximate surface area is 375 Å². The summed E-state index contributed by atoms with van der Waals surface area (Å²) in [4.78, 5) is 88.7. The molecule has 0 radical (unpaired) electrons. The van der Waals surface area contributed by atoms with E-state index in [4.69, 9.17) is 26.8 Å². The monoisotopic (exact) mass is 916 g/mol. The number of piperidine rings is 3. The Kier molecular flexibility index (Phi) is 15.1. The van der Waals surface area contributed by atoms with E-state index in [0.29, 0.717) is 90.8 Å². The molecule has 0 aromatic heterocycles. The first-order chi connectivity index (χ1) is 30.7. The number of alkyl halides is 3. The normalized spacial score (nSPS) is 20.0. The number of nitrogen functional groups attached to an aromatic ring is 1. The number of halogens is 4. The number of carbonyl (C=O) groups excluding carboxylic acids is 6. The highest BCUT2D eigenvalue weighted by atomic mass is 35.5. The van der Waals surface area contributed by atoms with Crippen molar-refractivity contribution in [2.24, 2.45) is 0 Å². The fourth-order valence-electron chi connectivity index (χ4n) is 9.37. The highest BCUT2D eigenvalue weighted by molar-refractivity contribution is 6.33. The number of amides is 6. The lowest BCUT2D eigenvalue weighted by atomic mass is 10.0. The summed E-state index contributed by atoms with van der Waals surface area (Å²) in [6.45, 7) is 4.32. The summed E-state index contributed by atoms with van der Waals surface area (Å²) in [6.07, 6.45) is -1.88. The Bertz CT molecular complexity index is 2050. The largest absolute Gasteiger partial charge is 0.458 e. The molecule has 5 aliphatic rings. The molecule has 4 saturated heterocycles. The highest BCUT2D eigenvalue weighted by Gasteiger charge is 2.39. The number of piperazine rings is 1. The molecule has 3 N–H and O–H groups in total. The average molecular weight is 917 g/mol. The zero-order valence-electron chi connectivity index (χ0n) is 35.8. The van der Waals surface area contributed by atoms with Crippen LogP contribution in [0.15, 0.2) is 36.4 Å². The Morgan fingerprint density at radius 1 is 0.828 bits per heavy atom. The van der Waals surface area contributed by atoms with Gasteiger partial charge in [-0.1, -0.05) is 29.8 Å². The van der Waals surface area contributed by atoms with E-state index in [1.54, 1.807) is 9.80 Å². The van der Waals surface area contributed by atoms with Gasteiger partial charge in [-0.3, -0.25) is 19.3 Å². The van der Waals surface area contributed by atoms with Gasteiger partial charge in [-0.15, -0.1) is 0 Å².